The van der Waals surface area contributed by atoms with Crippen LogP contribution in [0.25, 0.3) is 10.9 Å². The van der Waals surface area contributed by atoms with Gasteiger partial charge in [0.05, 0.1) is 24.0 Å². The van der Waals surface area contributed by atoms with E-state index in [0.29, 0.717) is 29.6 Å². The molecule has 1 aliphatic carbocycles. The predicted molar refractivity (Wildman–Crippen MR) is 97.7 cm³/mol. The van der Waals surface area contributed by atoms with E-state index in [1.54, 1.807) is 16.9 Å². The molecule has 0 aliphatic heterocycles. The van der Waals surface area contributed by atoms with E-state index in [2.05, 4.69) is 21.5 Å². The third kappa shape index (κ3) is 2.56. The normalized spacial score (nSPS) is 14.2. The lowest BCUT2D eigenvalue weighted by Gasteiger charge is -2.09. The maximum absolute atomic E-state index is 12.4. The minimum absolute atomic E-state index is 0.155. The highest BCUT2D eigenvalue weighted by Gasteiger charge is 2.21. The van der Waals surface area contributed by atoms with Crippen molar-refractivity contribution in [3.05, 3.63) is 51.9 Å². The smallest absolute Gasteiger partial charge is 0.261 e. The second-order valence-corrected chi connectivity index (χ2v) is 6.49. The van der Waals surface area contributed by atoms with Gasteiger partial charge < -0.3 is 10.3 Å². The quantitative estimate of drug-likeness (QED) is 0.755. The van der Waals surface area contributed by atoms with E-state index >= 15 is 0 Å². The zero-order chi connectivity index (χ0) is 18.3. The summed E-state index contributed by atoms with van der Waals surface area (Å²) in [7, 11) is 0. The standard InChI is InChI=1S/C19H17N5O2/c1-11(6-8-20)24-15-7-9-21-19(26)17(15)18(23-24)22-13-3-4-14-12(10-13)2-5-16(14)25/h3-4,7,9-11H,2,5-6H2,1H3,(H,21,26)(H,22,23)/t11-/m1/s1. The second-order valence-electron chi connectivity index (χ2n) is 6.49. The number of ketones is 1. The topological polar surface area (TPSA) is 104 Å². The first-order chi connectivity index (χ1) is 12.6. The van der Waals surface area contributed by atoms with E-state index < -0.39 is 0 Å². The number of rotatable bonds is 4. The van der Waals surface area contributed by atoms with Crippen molar-refractivity contribution in [2.24, 2.45) is 0 Å². The van der Waals surface area contributed by atoms with Crippen LogP contribution in [0.1, 0.15) is 41.7 Å². The molecule has 0 amide bonds. The number of fused-ring (bicyclic) bond motifs is 2. The zero-order valence-electron chi connectivity index (χ0n) is 14.2. The number of Topliss-reactive ketones (excluding diaryl/α,β-unsaturated/α-hetero) is 1. The molecular formula is C19H17N5O2. The van der Waals surface area contributed by atoms with Crippen LogP contribution in [-0.4, -0.2) is 20.5 Å². The van der Waals surface area contributed by atoms with E-state index in [9.17, 15) is 9.59 Å². The van der Waals surface area contributed by atoms with Crippen LogP contribution in [0.2, 0.25) is 0 Å². The van der Waals surface area contributed by atoms with Crippen LogP contribution < -0.4 is 10.9 Å². The maximum Gasteiger partial charge on any atom is 0.261 e. The number of hydrogen-bond acceptors (Lipinski definition) is 5. The molecule has 26 heavy (non-hydrogen) atoms. The van der Waals surface area contributed by atoms with Gasteiger partial charge >= 0.3 is 0 Å². The molecule has 3 aromatic rings. The average Bonchev–Trinajstić information content (AvgIpc) is 3.17. The van der Waals surface area contributed by atoms with Gasteiger partial charge in [-0.15, -0.1) is 0 Å². The van der Waals surface area contributed by atoms with Crippen LogP contribution in [0.5, 0.6) is 0 Å². The van der Waals surface area contributed by atoms with Crippen LogP contribution in [0.15, 0.2) is 35.3 Å². The van der Waals surface area contributed by atoms with Gasteiger partial charge in [0.1, 0.15) is 5.39 Å². The lowest BCUT2D eigenvalue weighted by molar-refractivity contribution is 0.0994. The molecule has 2 heterocycles. The number of aryl methyl sites for hydroxylation is 1. The SMILES string of the molecule is C[C@H](CC#N)n1nc(Nc2ccc3c(c2)CCC3=O)c2c(=O)[nH]ccc21. The Morgan fingerprint density at radius 2 is 2.19 bits per heavy atom. The summed E-state index contributed by atoms with van der Waals surface area (Å²) in [4.78, 5) is 26.8. The van der Waals surface area contributed by atoms with Crippen LogP contribution in [0, 0.1) is 11.3 Å². The van der Waals surface area contributed by atoms with Gasteiger partial charge in [-0.25, -0.2) is 0 Å². The van der Waals surface area contributed by atoms with Crippen molar-refractivity contribution in [2.45, 2.75) is 32.2 Å². The first-order valence-electron chi connectivity index (χ1n) is 8.48. The summed E-state index contributed by atoms with van der Waals surface area (Å²) in [6, 6.07) is 9.33. The number of benzene rings is 1. The summed E-state index contributed by atoms with van der Waals surface area (Å²) in [6.07, 6.45) is 3.15. The van der Waals surface area contributed by atoms with E-state index in [1.165, 1.54) is 0 Å². The molecule has 2 N–H and O–H groups in total. The number of aromatic nitrogens is 3. The first-order valence-corrected chi connectivity index (χ1v) is 8.48. The maximum atomic E-state index is 12.4. The van der Waals surface area contributed by atoms with Gasteiger partial charge in [0.2, 0.25) is 0 Å². The van der Waals surface area contributed by atoms with Gasteiger partial charge in [-0.2, -0.15) is 10.4 Å². The molecule has 2 aromatic heterocycles. The summed E-state index contributed by atoms with van der Waals surface area (Å²) < 4.78 is 1.70. The summed E-state index contributed by atoms with van der Waals surface area (Å²) >= 11 is 0. The Balaban J connectivity index is 1.79. The van der Waals surface area contributed by atoms with Crippen molar-refractivity contribution in [3.8, 4) is 6.07 Å². The largest absolute Gasteiger partial charge is 0.338 e. The molecule has 0 saturated heterocycles. The van der Waals surface area contributed by atoms with Gasteiger partial charge in [0.25, 0.3) is 5.56 Å². The van der Waals surface area contributed by atoms with Crippen molar-refractivity contribution >= 4 is 28.2 Å². The van der Waals surface area contributed by atoms with Crippen LogP contribution in [0.3, 0.4) is 0 Å². The van der Waals surface area contributed by atoms with E-state index in [0.717, 1.165) is 23.2 Å². The Morgan fingerprint density at radius 1 is 1.35 bits per heavy atom. The number of aromatic amines is 1. The molecule has 1 aliphatic rings. The lowest BCUT2D eigenvalue weighted by Crippen LogP contribution is -2.08. The molecule has 0 saturated carbocycles. The fourth-order valence-corrected chi connectivity index (χ4v) is 3.41. The summed E-state index contributed by atoms with van der Waals surface area (Å²) in [5.41, 5.74) is 3.00. The van der Waals surface area contributed by atoms with E-state index in [-0.39, 0.29) is 17.4 Å². The van der Waals surface area contributed by atoms with Crippen molar-refractivity contribution in [1.82, 2.24) is 14.8 Å². The van der Waals surface area contributed by atoms with Crippen molar-refractivity contribution in [2.75, 3.05) is 5.32 Å². The second kappa shape index (κ2) is 6.15. The Bertz CT molecular complexity index is 1120. The Labute approximate surface area is 149 Å². The molecule has 1 atom stereocenters. The van der Waals surface area contributed by atoms with E-state index in [1.807, 2.05) is 25.1 Å². The molecule has 0 bridgehead atoms. The molecule has 0 spiro atoms. The van der Waals surface area contributed by atoms with Gasteiger partial charge in [-0.1, -0.05) is 0 Å². The summed E-state index contributed by atoms with van der Waals surface area (Å²) in [5.74, 6) is 0.610. The molecule has 130 valence electrons. The van der Waals surface area contributed by atoms with Crippen molar-refractivity contribution < 1.29 is 4.79 Å². The summed E-state index contributed by atoms with van der Waals surface area (Å²) in [6.45, 7) is 1.89. The molecule has 7 heteroatoms. The third-order valence-corrected chi connectivity index (χ3v) is 4.72. The summed E-state index contributed by atoms with van der Waals surface area (Å²) in [5, 5.41) is 17.2. The van der Waals surface area contributed by atoms with E-state index in [4.69, 9.17) is 5.26 Å². The van der Waals surface area contributed by atoms with Crippen LogP contribution >= 0.6 is 0 Å². The molecule has 0 radical (unpaired) electrons. The number of H-pyrrole nitrogens is 1. The Hall–Kier alpha value is -3.40. The van der Waals surface area contributed by atoms with Gasteiger partial charge in [0, 0.05) is 23.9 Å². The number of hydrogen-bond donors (Lipinski definition) is 2. The Morgan fingerprint density at radius 3 is 3.00 bits per heavy atom. The number of carbonyl (C=O) groups is 1. The highest BCUT2D eigenvalue weighted by molar-refractivity contribution is 6.01. The fraction of sp³-hybridized carbons (Fsp3) is 0.263. The number of nitrogens with zero attached hydrogens (tertiary/aromatic N) is 3. The number of pyridine rings is 1. The number of nitrogens with one attached hydrogen (secondary N) is 2. The monoisotopic (exact) mass is 347 g/mol. The highest BCUT2D eigenvalue weighted by atomic mass is 16.1. The first kappa shape index (κ1) is 16.1. The zero-order valence-corrected chi connectivity index (χ0v) is 14.2. The number of nitriles is 1. The van der Waals surface area contributed by atoms with Crippen LogP contribution in [0.4, 0.5) is 11.5 Å². The van der Waals surface area contributed by atoms with Crippen molar-refractivity contribution in [1.29, 1.82) is 5.26 Å². The van der Waals surface area contributed by atoms with Crippen molar-refractivity contribution in [3.63, 3.8) is 0 Å². The van der Waals surface area contributed by atoms with Gasteiger partial charge in [-0.3, -0.25) is 14.3 Å². The molecular weight excluding hydrogens is 330 g/mol. The van der Waals surface area contributed by atoms with Gasteiger partial charge in [0.15, 0.2) is 11.6 Å². The molecule has 0 unspecified atom stereocenters. The molecule has 0 fully saturated rings. The molecule has 4 rings (SSSR count). The Kier molecular flexibility index (Phi) is 3.81. The third-order valence-electron chi connectivity index (χ3n) is 4.72. The minimum Gasteiger partial charge on any atom is -0.338 e. The minimum atomic E-state index is -0.239. The molecule has 7 nitrogen and oxygen atoms in total. The fourth-order valence-electron chi connectivity index (χ4n) is 3.41. The number of anilines is 2. The van der Waals surface area contributed by atoms with Gasteiger partial charge in [-0.05, 0) is 43.2 Å². The van der Waals surface area contributed by atoms with Crippen LogP contribution in [-0.2, 0) is 6.42 Å². The molecule has 1 aromatic carbocycles. The number of carbonyl (C=O) groups excluding carboxylic acids is 1. The lowest BCUT2D eigenvalue weighted by atomic mass is 10.1. The highest BCUT2D eigenvalue weighted by Crippen LogP contribution is 2.29. The average molecular weight is 347 g/mol. The predicted octanol–water partition coefficient (Wildman–Crippen LogP) is 3.07.